The molecule has 13 N–H and O–H groups in total. The molecule has 2 heterocycles. The van der Waals surface area contributed by atoms with Gasteiger partial charge in [-0.05, 0) is 68.7 Å². The molecule has 438 valence electrons. The number of rotatable bonds is 10. The SMILES string of the molecule is CC1C=CC=CC=CC=CC=CC=CC=CC(O[C@@H]2O[C@H](C)[C@H](O)[C@@H](O)[C@@H]2N)CC(O)C(C(=O)O)C(O)CC(=O)CC(O)CC(O)CC(O)CC(=O)CCCC(=O)CC(=O)OC1C(C)CC(C)C(O)CC(=O)c1ccc(N)cc1. The number of benzene rings is 1. The van der Waals surface area contributed by atoms with Crippen molar-refractivity contribution in [2.24, 2.45) is 29.4 Å². The molecule has 0 radical (unpaired) electrons. The summed E-state index contributed by atoms with van der Waals surface area (Å²) in [5, 5.41) is 95.8. The van der Waals surface area contributed by atoms with Gasteiger partial charge in [0.25, 0.3) is 0 Å². The van der Waals surface area contributed by atoms with E-state index in [1.54, 1.807) is 98.0 Å². The molecule has 17 atom stereocenters. The minimum absolute atomic E-state index is 0.0619. The van der Waals surface area contributed by atoms with Crippen molar-refractivity contribution >= 4 is 40.8 Å². The van der Waals surface area contributed by atoms with Gasteiger partial charge in [-0.3, -0.25) is 28.8 Å². The van der Waals surface area contributed by atoms with E-state index in [9.17, 15) is 74.7 Å². The van der Waals surface area contributed by atoms with E-state index in [-0.39, 0.29) is 55.6 Å². The molecule has 1 aromatic rings. The number of hydrogen-bond donors (Lipinski definition) is 11. The van der Waals surface area contributed by atoms with Gasteiger partial charge in [-0.1, -0.05) is 106 Å². The highest BCUT2D eigenvalue weighted by Crippen LogP contribution is 2.29. The van der Waals surface area contributed by atoms with Gasteiger partial charge in [0.15, 0.2) is 12.1 Å². The van der Waals surface area contributed by atoms with Gasteiger partial charge < -0.3 is 71.6 Å². The lowest BCUT2D eigenvalue weighted by atomic mass is 9.83. The average molecular weight is 1110 g/mol. The van der Waals surface area contributed by atoms with Gasteiger partial charge in [-0.15, -0.1) is 0 Å². The number of carboxylic acids is 1. The Labute approximate surface area is 462 Å². The molecule has 12 unspecified atom stereocenters. The number of hydrogen-bond acceptors (Lipinski definition) is 19. The molecule has 1 fully saturated rings. The molecule has 1 aromatic carbocycles. The zero-order valence-corrected chi connectivity index (χ0v) is 45.5. The minimum atomic E-state index is -1.95. The maximum Gasteiger partial charge on any atom is 0.313 e. The molecule has 0 bridgehead atoms. The summed E-state index contributed by atoms with van der Waals surface area (Å²) in [5.41, 5.74) is 12.8. The molecule has 0 saturated carbocycles. The fourth-order valence-electron chi connectivity index (χ4n) is 9.36. The number of ketones is 4. The number of aliphatic carboxylic acids is 1. The molecular weight excluding hydrogens is 1020 g/mol. The molecule has 79 heavy (non-hydrogen) atoms. The number of esters is 1. The van der Waals surface area contributed by atoms with Crippen LogP contribution in [0.4, 0.5) is 5.69 Å². The van der Waals surface area contributed by atoms with Crippen molar-refractivity contribution in [3.63, 3.8) is 0 Å². The van der Waals surface area contributed by atoms with Gasteiger partial charge in [0, 0.05) is 62.1 Å². The molecular formula is C59H84N2O18. The average Bonchev–Trinajstić information content (AvgIpc) is 3.36. The van der Waals surface area contributed by atoms with E-state index in [1.165, 1.54) is 19.1 Å². The van der Waals surface area contributed by atoms with Crippen LogP contribution in [0, 0.1) is 23.7 Å². The van der Waals surface area contributed by atoms with E-state index in [1.807, 2.05) is 19.9 Å². The normalized spacial score (nSPS) is 31.9. The lowest BCUT2D eigenvalue weighted by Crippen LogP contribution is -2.61. The highest BCUT2D eigenvalue weighted by atomic mass is 16.7. The van der Waals surface area contributed by atoms with Crippen molar-refractivity contribution in [1.29, 1.82) is 0 Å². The maximum atomic E-state index is 13.3. The molecule has 0 aliphatic carbocycles. The maximum absolute atomic E-state index is 13.3. The number of Topliss-reactive ketones (excluding diaryl/α,β-unsaturated/α-hetero) is 4. The summed E-state index contributed by atoms with van der Waals surface area (Å²) in [5.74, 6) is -7.42. The number of anilines is 1. The first-order valence-corrected chi connectivity index (χ1v) is 26.9. The van der Waals surface area contributed by atoms with E-state index in [0.717, 1.165) is 0 Å². The monoisotopic (exact) mass is 1110 g/mol. The smallest absolute Gasteiger partial charge is 0.313 e. The van der Waals surface area contributed by atoms with Crippen LogP contribution in [-0.4, -0.2) is 161 Å². The molecule has 1 saturated heterocycles. The first-order valence-electron chi connectivity index (χ1n) is 26.9. The van der Waals surface area contributed by atoms with Gasteiger partial charge >= 0.3 is 11.9 Å². The fourth-order valence-corrected chi connectivity index (χ4v) is 9.36. The number of carbonyl (C=O) groups is 6. The Morgan fingerprint density at radius 1 is 0.684 bits per heavy atom. The molecule has 20 heteroatoms. The standard InChI is InChI=1S/C59H84N2O18/c1-35-18-15-13-11-9-7-5-6-8-10-12-14-16-21-47(78-59-54(61)56(74)55(73)38(4)77-59)33-51(71)53(58(75)76)50(70)31-46(67)30-45(66)29-44(65)28-43(64)27-41(62)19-17-20-42(63)32-52(72)79-57(35)37(3)26-36(2)48(68)34-49(69)39-22-24-40(60)25-23-39/h5-16,18,21-25,35-38,43-45,47-48,50-51,53-57,59,64-66,68,70-71,73-74H,17,19-20,26-34,60-61H2,1-4H3,(H,75,76)/t35?,36?,37?,38-,43?,44?,45?,47?,48?,50?,51?,53?,54+,55+,56+,57?,59+/m1/s1. The van der Waals surface area contributed by atoms with Crippen molar-refractivity contribution in [1.82, 2.24) is 0 Å². The summed E-state index contributed by atoms with van der Waals surface area (Å²) in [4.78, 5) is 77.3. The van der Waals surface area contributed by atoms with E-state index in [0.29, 0.717) is 17.7 Å². The predicted molar refractivity (Wildman–Crippen MR) is 293 cm³/mol. The van der Waals surface area contributed by atoms with Gasteiger partial charge in [-0.25, -0.2) is 0 Å². The van der Waals surface area contributed by atoms with E-state index >= 15 is 0 Å². The van der Waals surface area contributed by atoms with Crippen LogP contribution < -0.4 is 11.5 Å². The lowest BCUT2D eigenvalue weighted by molar-refractivity contribution is -0.265. The molecule has 0 amide bonds. The van der Waals surface area contributed by atoms with Crippen LogP contribution in [0.5, 0.6) is 0 Å². The van der Waals surface area contributed by atoms with E-state index in [2.05, 4.69) is 0 Å². The Kier molecular flexibility index (Phi) is 30.1. The number of nitrogens with two attached hydrogens (primary N) is 2. The second-order valence-electron chi connectivity index (χ2n) is 20.9. The van der Waals surface area contributed by atoms with Crippen molar-refractivity contribution in [2.75, 3.05) is 5.73 Å². The summed E-state index contributed by atoms with van der Waals surface area (Å²) in [6.07, 6.45) is 4.37. The predicted octanol–water partition coefficient (Wildman–Crippen LogP) is 3.61. The van der Waals surface area contributed by atoms with Crippen LogP contribution in [0.3, 0.4) is 0 Å². The number of nitrogen functional groups attached to an aromatic ring is 1. The van der Waals surface area contributed by atoms with Crippen LogP contribution in [0.1, 0.15) is 115 Å². The molecule has 2 aliphatic heterocycles. The third kappa shape index (κ3) is 25.2. The fraction of sp³-hybridized carbons (Fsp3) is 0.559. The second kappa shape index (κ2) is 35.2. The molecule has 0 aromatic heterocycles. The lowest BCUT2D eigenvalue weighted by Gasteiger charge is -2.41. The Hall–Kier alpha value is -5.62. The third-order valence-corrected chi connectivity index (χ3v) is 13.8. The Bertz CT molecular complexity index is 2310. The molecule has 20 nitrogen and oxygen atoms in total. The molecule has 2 aliphatic rings. The third-order valence-electron chi connectivity index (χ3n) is 13.8. The van der Waals surface area contributed by atoms with Gasteiger partial charge in [0.2, 0.25) is 0 Å². The van der Waals surface area contributed by atoms with Crippen LogP contribution in [-0.2, 0) is 38.2 Å². The summed E-state index contributed by atoms with van der Waals surface area (Å²) in [6, 6.07) is 5.16. The van der Waals surface area contributed by atoms with E-state index in [4.69, 9.17) is 25.7 Å². The highest BCUT2D eigenvalue weighted by Gasteiger charge is 2.43. The summed E-state index contributed by atoms with van der Waals surface area (Å²) < 4.78 is 17.6. The van der Waals surface area contributed by atoms with Gasteiger partial charge in [0.05, 0.1) is 54.9 Å². The van der Waals surface area contributed by atoms with Gasteiger partial charge in [0.1, 0.15) is 48.0 Å². The summed E-state index contributed by atoms with van der Waals surface area (Å²) in [6.45, 7) is 7.00. The number of cyclic esters (lactones) is 1. The number of aliphatic hydroxyl groups is 8. The minimum Gasteiger partial charge on any atom is -0.481 e. The van der Waals surface area contributed by atoms with E-state index < -0.39 is 153 Å². The summed E-state index contributed by atoms with van der Waals surface area (Å²) in [7, 11) is 0. The molecule has 0 spiro atoms. The van der Waals surface area contributed by atoms with Crippen molar-refractivity contribution in [3.05, 3.63) is 115 Å². The topological polar surface area (TPSA) is 364 Å². The number of carbonyl (C=O) groups excluding carboxylic acids is 5. The largest absolute Gasteiger partial charge is 0.481 e. The molecule has 3 rings (SSSR count). The number of ether oxygens (including phenoxy) is 3. The van der Waals surface area contributed by atoms with Crippen LogP contribution in [0.25, 0.3) is 0 Å². The first-order chi connectivity index (χ1) is 37.4. The van der Waals surface area contributed by atoms with Crippen molar-refractivity contribution < 1.29 is 88.9 Å². The van der Waals surface area contributed by atoms with Crippen molar-refractivity contribution in [2.45, 2.75) is 184 Å². The number of aliphatic hydroxyl groups excluding tert-OH is 8. The second-order valence-corrected chi connectivity index (χ2v) is 20.9. The van der Waals surface area contributed by atoms with Crippen LogP contribution in [0.15, 0.2) is 109 Å². The zero-order valence-electron chi connectivity index (χ0n) is 45.5. The van der Waals surface area contributed by atoms with Gasteiger partial charge in [-0.2, -0.15) is 0 Å². The Morgan fingerprint density at radius 2 is 1.22 bits per heavy atom. The Balaban J connectivity index is 1.83. The van der Waals surface area contributed by atoms with Crippen LogP contribution in [0.2, 0.25) is 0 Å². The quantitative estimate of drug-likeness (QED) is 0.0690. The highest BCUT2D eigenvalue weighted by molar-refractivity contribution is 5.97. The van der Waals surface area contributed by atoms with Crippen molar-refractivity contribution in [3.8, 4) is 0 Å². The number of allylic oxidation sites excluding steroid dienone is 12. The van der Waals surface area contributed by atoms with Crippen LogP contribution >= 0.6 is 0 Å². The first kappa shape index (κ1) is 67.7. The Morgan fingerprint density at radius 3 is 1.78 bits per heavy atom. The zero-order chi connectivity index (χ0) is 58.8. The summed E-state index contributed by atoms with van der Waals surface area (Å²) >= 11 is 0. The number of carboxylic acid groups (broad SMARTS) is 1.